The molecule has 2 N–H and O–H groups in total. The van der Waals surface area contributed by atoms with Gasteiger partial charge in [-0.05, 0) is 42.0 Å². The summed E-state index contributed by atoms with van der Waals surface area (Å²) in [6.07, 6.45) is 1.38. The first-order valence-corrected chi connectivity index (χ1v) is 6.91. The van der Waals surface area contributed by atoms with Gasteiger partial charge >= 0.3 is 0 Å². The van der Waals surface area contributed by atoms with E-state index in [2.05, 4.69) is 15.8 Å². The molecule has 0 radical (unpaired) electrons. The van der Waals surface area contributed by atoms with Crippen molar-refractivity contribution in [2.24, 2.45) is 5.10 Å². The minimum atomic E-state index is -0.493. The molecule has 0 saturated carbocycles. The summed E-state index contributed by atoms with van der Waals surface area (Å²) < 4.78 is 0. The standard InChI is InChI=1S/C16H14N4O4/c1-11(21)18-14-6-4-13(5-7-14)16(22)19-17-10-12-2-8-15(9-3-12)20(23)24/h2-10H,1H3,(H,18,21)(H,19,22). The molecule has 0 fully saturated rings. The highest BCUT2D eigenvalue weighted by Gasteiger charge is 2.05. The summed E-state index contributed by atoms with van der Waals surface area (Å²) in [6, 6.07) is 12.1. The summed E-state index contributed by atoms with van der Waals surface area (Å²) in [6.45, 7) is 1.40. The Kier molecular flexibility index (Phi) is 5.35. The van der Waals surface area contributed by atoms with E-state index in [0.717, 1.165) is 0 Å². The van der Waals surface area contributed by atoms with Gasteiger partial charge in [0.05, 0.1) is 11.1 Å². The van der Waals surface area contributed by atoms with Gasteiger partial charge in [0.1, 0.15) is 0 Å². The number of nitrogens with one attached hydrogen (secondary N) is 2. The van der Waals surface area contributed by atoms with Crippen molar-refractivity contribution in [2.75, 3.05) is 5.32 Å². The minimum absolute atomic E-state index is 0.0181. The van der Waals surface area contributed by atoms with Crippen molar-refractivity contribution >= 4 is 29.4 Å². The number of amides is 2. The molecule has 0 unspecified atom stereocenters. The van der Waals surface area contributed by atoms with Crippen LogP contribution in [0, 0.1) is 10.1 Å². The SMILES string of the molecule is CC(=O)Nc1ccc(C(=O)NN=Cc2ccc([N+](=O)[O-])cc2)cc1. The number of anilines is 1. The van der Waals surface area contributed by atoms with E-state index < -0.39 is 10.8 Å². The number of hydrogen-bond donors (Lipinski definition) is 2. The predicted molar refractivity (Wildman–Crippen MR) is 88.9 cm³/mol. The van der Waals surface area contributed by atoms with E-state index in [4.69, 9.17) is 0 Å². The second-order valence-electron chi connectivity index (χ2n) is 4.81. The van der Waals surface area contributed by atoms with Crippen LogP contribution < -0.4 is 10.7 Å². The summed E-state index contributed by atoms with van der Waals surface area (Å²) in [5, 5.41) is 16.9. The average Bonchev–Trinajstić information content (AvgIpc) is 2.55. The van der Waals surface area contributed by atoms with Crippen molar-refractivity contribution in [1.82, 2.24) is 5.43 Å². The number of hydrogen-bond acceptors (Lipinski definition) is 5. The van der Waals surface area contributed by atoms with Crippen LogP contribution in [0.1, 0.15) is 22.8 Å². The van der Waals surface area contributed by atoms with E-state index in [1.807, 2.05) is 0 Å². The summed E-state index contributed by atoms with van der Waals surface area (Å²) >= 11 is 0. The van der Waals surface area contributed by atoms with Gasteiger partial charge in [-0.2, -0.15) is 5.10 Å². The number of nitrogens with zero attached hydrogens (tertiary/aromatic N) is 2. The fourth-order valence-electron chi connectivity index (χ4n) is 1.82. The number of carbonyl (C=O) groups excluding carboxylic acids is 2. The predicted octanol–water partition coefficient (Wildman–Crippen LogP) is 2.32. The molecule has 2 amide bonds. The van der Waals surface area contributed by atoms with Crippen LogP contribution in [-0.2, 0) is 4.79 Å². The normalized spacial score (nSPS) is 10.4. The lowest BCUT2D eigenvalue weighted by atomic mass is 10.2. The Morgan fingerprint density at radius 3 is 2.25 bits per heavy atom. The Hall–Kier alpha value is -3.55. The van der Waals surface area contributed by atoms with E-state index in [1.165, 1.54) is 37.4 Å². The van der Waals surface area contributed by atoms with Crippen molar-refractivity contribution in [1.29, 1.82) is 0 Å². The van der Waals surface area contributed by atoms with Gasteiger partial charge in [0.2, 0.25) is 5.91 Å². The Bertz CT molecular complexity index is 783. The lowest BCUT2D eigenvalue weighted by Crippen LogP contribution is -2.17. The third-order valence-corrected chi connectivity index (χ3v) is 2.95. The van der Waals surface area contributed by atoms with Gasteiger partial charge in [-0.25, -0.2) is 5.43 Å². The molecule has 24 heavy (non-hydrogen) atoms. The van der Waals surface area contributed by atoms with Crippen LogP contribution in [0.4, 0.5) is 11.4 Å². The third kappa shape index (κ3) is 4.73. The van der Waals surface area contributed by atoms with E-state index in [-0.39, 0.29) is 11.6 Å². The minimum Gasteiger partial charge on any atom is -0.326 e. The lowest BCUT2D eigenvalue weighted by Gasteiger charge is -2.03. The second kappa shape index (κ2) is 7.63. The Labute approximate surface area is 137 Å². The number of rotatable bonds is 5. The number of carbonyl (C=O) groups is 2. The molecular weight excluding hydrogens is 312 g/mol. The highest BCUT2D eigenvalue weighted by molar-refractivity contribution is 5.96. The molecule has 0 saturated heterocycles. The fourth-order valence-corrected chi connectivity index (χ4v) is 1.82. The zero-order valence-corrected chi connectivity index (χ0v) is 12.7. The molecule has 0 aliphatic carbocycles. The topological polar surface area (TPSA) is 114 Å². The lowest BCUT2D eigenvalue weighted by molar-refractivity contribution is -0.384. The summed E-state index contributed by atoms with van der Waals surface area (Å²) in [4.78, 5) is 32.9. The molecule has 8 heteroatoms. The molecule has 0 atom stereocenters. The highest BCUT2D eigenvalue weighted by atomic mass is 16.6. The maximum Gasteiger partial charge on any atom is 0.271 e. The molecule has 0 bridgehead atoms. The maximum absolute atomic E-state index is 11.9. The van der Waals surface area contributed by atoms with Gasteiger partial charge < -0.3 is 5.32 Å². The quantitative estimate of drug-likeness (QED) is 0.498. The molecule has 2 aromatic rings. The molecular formula is C16H14N4O4. The van der Waals surface area contributed by atoms with Crippen molar-refractivity contribution in [3.8, 4) is 0 Å². The smallest absolute Gasteiger partial charge is 0.271 e. The van der Waals surface area contributed by atoms with Crippen LogP contribution in [0.25, 0.3) is 0 Å². The monoisotopic (exact) mass is 326 g/mol. The van der Waals surface area contributed by atoms with Crippen LogP contribution in [0.3, 0.4) is 0 Å². The first kappa shape index (κ1) is 16.8. The molecule has 0 aromatic heterocycles. The molecule has 2 rings (SSSR count). The molecule has 0 spiro atoms. The van der Waals surface area contributed by atoms with Crippen molar-refractivity contribution in [2.45, 2.75) is 6.92 Å². The summed E-state index contributed by atoms with van der Waals surface area (Å²) in [5.41, 5.74) is 3.92. The van der Waals surface area contributed by atoms with Crippen LogP contribution >= 0.6 is 0 Å². The zero-order chi connectivity index (χ0) is 17.5. The van der Waals surface area contributed by atoms with E-state index in [1.54, 1.807) is 24.3 Å². The molecule has 8 nitrogen and oxygen atoms in total. The first-order chi connectivity index (χ1) is 11.5. The average molecular weight is 326 g/mol. The van der Waals surface area contributed by atoms with Gasteiger partial charge in [-0.1, -0.05) is 0 Å². The Balaban J connectivity index is 1.94. The summed E-state index contributed by atoms with van der Waals surface area (Å²) in [5.74, 6) is -0.609. The number of benzene rings is 2. The van der Waals surface area contributed by atoms with Crippen molar-refractivity contribution in [3.63, 3.8) is 0 Å². The number of non-ortho nitro benzene ring substituents is 1. The number of nitro benzene ring substituents is 1. The number of nitro groups is 1. The molecule has 0 heterocycles. The Morgan fingerprint density at radius 2 is 1.71 bits per heavy atom. The largest absolute Gasteiger partial charge is 0.326 e. The van der Waals surface area contributed by atoms with Crippen LogP contribution in [0.5, 0.6) is 0 Å². The van der Waals surface area contributed by atoms with Gasteiger partial charge in [0.15, 0.2) is 0 Å². The first-order valence-electron chi connectivity index (χ1n) is 6.91. The molecule has 0 aliphatic heterocycles. The molecule has 2 aromatic carbocycles. The van der Waals surface area contributed by atoms with E-state index in [0.29, 0.717) is 16.8 Å². The van der Waals surface area contributed by atoms with Gasteiger partial charge in [0, 0.05) is 30.3 Å². The third-order valence-electron chi connectivity index (χ3n) is 2.95. The van der Waals surface area contributed by atoms with Gasteiger partial charge in [0.25, 0.3) is 11.6 Å². The Morgan fingerprint density at radius 1 is 1.08 bits per heavy atom. The van der Waals surface area contributed by atoms with Crippen LogP contribution in [0.15, 0.2) is 53.6 Å². The molecule has 122 valence electrons. The zero-order valence-electron chi connectivity index (χ0n) is 12.7. The van der Waals surface area contributed by atoms with Crippen molar-refractivity contribution in [3.05, 3.63) is 69.8 Å². The number of hydrazone groups is 1. The van der Waals surface area contributed by atoms with Gasteiger partial charge in [-0.3, -0.25) is 19.7 Å². The second-order valence-corrected chi connectivity index (χ2v) is 4.81. The van der Waals surface area contributed by atoms with Crippen LogP contribution in [-0.4, -0.2) is 23.0 Å². The van der Waals surface area contributed by atoms with Crippen molar-refractivity contribution < 1.29 is 14.5 Å². The highest BCUT2D eigenvalue weighted by Crippen LogP contribution is 2.11. The fraction of sp³-hybridized carbons (Fsp3) is 0.0625. The molecule has 0 aliphatic rings. The van der Waals surface area contributed by atoms with Crippen LogP contribution in [0.2, 0.25) is 0 Å². The maximum atomic E-state index is 11.9. The van der Waals surface area contributed by atoms with Gasteiger partial charge in [-0.15, -0.1) is 0 Å². The van der Waals surface area contributed by atoms with E-state index >= 15 is 0 Å². The summed E-state index contributed by atoms with van der Waals surface area (Å²) in [7, 11) is 0. The van der Waals surface area contributed by atoms with E-state index in [9.17, 15) is 19.7 Å².